The van der Waals surface area contributed by atoms with Gasteiger partial charge in [-0.05, 0) is 36.8 Å². The summed E-state index contributed by atoms with van der Waals surface area (Å²) in [5.74, 6) is -0.545. The number of carbonyl (C=O) groups excluding carboxylic acids is 1. The molecule has 0 aliphatic carbocycles. The normalized spacial score (nSPS) is 11.1. The highest BCUT2D eigenvalue weighted by molar-refractivity contribution is 7.19. The van der Waals surface area contributed by atoms with E-state index in [9.17, 15) is 14.0 Å². The first-order valence-electron chi connectivity index (χ1n) is 8.47. The summed E-state index contributed by atoms with van der Waals surface area (Å²) >= 11 is 3.01. The van der Waals surface area contributed by atoms with Gasteiger partial charge < -0.3 is 9.72 Å². The highest BCUT2D eigenvalue weighted by Crippen LogP contribution is 2.34. The summed E-state index contributed by atoms with van der Waals surface area (Å²) in [6.07, 6.45) is 0.0215. The first kappa shape index (κ1) is 18.5. The van der Waals surface area contributed by atoms with E-state index in [1.54, 1.807) is 11.3 Å². The number of aromatic amines is 1. The first-order chi connectivity index (χ1) is 13.5. The minimum atomic E-state index is -0.477. The highest BCUT2D eigenvalue weighted by Gasteiger charge is 2.15. The van der Waals surface area contributed by atoms with E-state index in [1.165, 1.54) is 40.5 Å². The second-order valence-electron chi connectivity index (χ2n) is 6.22. The van der Waals surface area contributed by atoms with Crippen LogP contribution in [0.3, 0.4) is 0 Å². The van der Waals surface area contributed by atoms with Gasteiger partial charge in [0.2, 0.25) is 0 Å². The molecule has 0 saturated heterocycles. The van der Waals surface area contributed by atoms with Crippen LogP contribution in [0.15, 0.2) is 46.6 Å². The van der Waals surface area contributed by atoms with Crippen molar-refractivity contribution in [1.82, 2.24) is 9.97 Å². The molecule has 0 unspecified atom stereocenters. The lowest BCUT2D eigenvalue weighted by molar-refractivity contribution is -0.144. The summed E-state index contributed by atoms with van der Waals surface area (Å²) in [6, 6.07) is 9.65. The van der Waals surface area contributed by atoms with Crippen LogP contribution in [-0.2, 0) is 22.6 Å². The van der Waals surface area contributed by atoms with Crippen molar-refractivity contribution >= 4 is 38.9 Å². The molecule has 0 atom stereocenters. The molecule has 1 aromatic carbocycles. The predicted molar refractivity (Wildman–Crippen MR) is 108 cm³/mol. The molecule has 5 nitrogen and oxygen atoms in total. The lowest BCUT2D eigenvalue weighted by atomic mass is 10.1. The third-order valence-electron chi connectivity index (χ3n) is 4.13. The van der Waals surface area contributed by atoms with Crippen molar-refractivity contribution in [2.24, 2.45) is 0 Å². The molecule has 0 bridgehead atoms. The topological polar surface area (TPSA) is 72.0 Å². The Morgan fingerprint density at radius 1 is 1.21 bits per heavy atom. The number of aromatic nitrogens is 2. The molecular weight excluding hydrogens is 399 g/mol. The Kier molecular flexibility index (Phi) is 5.06. The maximum absolute atomic E-state index is 12.9. The fraction of sp³-hybridized carbons (Fsp3) is 0.150. The van der Waals surface area contributed by atoms with Crippen LogP contribution in [0.2, 0.25) is 0 Å². The summed E-state index contributed by atoms with van der Waals surface area (Å²) in [4.78, 5) is 34.5. The molecule has 0 aliphatic rings. The maximum atomic E-state index is 12.9. The van der Waals surface area contributed by atoms with Crippen molar-refractivity contribution in [1.29, 1.82) is 0 Å². The number of halogens is 1. The SMILES string of the molecule is Cc1ccc(-c2csc3nc(COC(=O)Cc4ccc(F)cc4)[nH]c(=O)c23)s1. The van der Waals surface area contributed by atoms with E-state index in [0.29, 0.717) is 21.6 Å². The summed E-state index contributed by atoms with van der Waals surface area (Å²) in [6.45, 7) is 1.89. The van der Waals surface area contributed by atoms with Crippen LogP contribution in [0, 0.1) is 12.7 Å². The van der Waals surface area contributed by atoms with E-state index < -0.39 is 5.97 Å². The summed E-state index contributed by atoms with van der Waals surface area (Å²) in [5.41, 5.74) is 1.26. The van der Waals surface area contributed by atoms with E-state index in [4.69, 9.17) is 4.74 Å². The van der Waals surface area contributed by atoms with Gasteiger partial charge in [-0.3, -0.25) is 9.59 Å². The number of nitrogens with zero attached hydrogens (tertiary/aromatic N) is 1. The predicted octanol–water partition coefficient (Wildman–Crippen LogP) is 4.45. The molecule has 0 fully saturated rings. The van der Waals surface area contributed by atoms with Crippen molar-refractivity contribution < 1.29 is 13.9 Å². The Morgan fingerprint density at radius 3 is 2.71 bits per heavy atom. The average molecular weight is 414 g/mol. The minimum Gasteiger partial charge on any atom is -0.457 e. The molecule has 0 radical (unpaired) electrons. The number of esters is 1. The molecule has 0 saturated carbocycles. The largest absolute Gasteiger partial charge is 0.457 e. The van der Waals surface area contributed by atoms with Crippen LogP contribution >= 0.6 is 22.7 Å². The lowest BCUT2D eigenvalue weighted by Crippen LogP contribution is -2.15. The van der Waals surface area contributed by atoms with Gasteiger partial charge in [0.15, 0.2) is 0 Å². The van der Waals surface area contributed by atoms with Crippen molar-refractivity contribution in [3.63, 3.8) is 0 Å². The summed E-state index contributed by atoms with van der Waals surface area (Å²) in [7, 11) is 0. The second-order valence-corrected chi connectivity index (χ2v) is 8.36. The number of ether oxygens (including phenoxy) is 1. The number of hydrogen-bond donors (Lipinski definition) is 1. The van der Waals surface area contributed by atoms with Gasteiger partial charge in [-0.1, -0.05) is 12.1 Å². The number of hydrogen-bond acceptors (Lipinski definition) is 6. The molecular formula is C20H15FN2O3S2. The van der Waals surface area contributed by atoms with Crippen LogP contribution in [0.1, 0.15) is 16.3 Å². The molecule has 4 aromatic rings. The third-order valence-corrected chi connectivity index (χ3v) is 6.04. The lowest BCUT2D eigenvalue weighted by Gasteiger charge is -2.05. The zero-order valence-corrected chi connectivity index (χ0v) is 16.5. The molecule has 0 amide bonds. The van der Waals surface area contributed by atoms with Crippen molar-refractivity contribution in [3.8, 4) is 10.4 Å². The zero-order chi connectivity index (χ0) is 19.7. The van der Waals surface area contributed by atoms with Gasteiger partial charge in [-0.25, -0.2) is 9.37 Å². The smallest absolute Gasteiger partial charge is 0.310 e. The quantitative estimate of drug-likeness (QED) is 0.490. The highest BCUT2D eigenvalue weighted by atomic mass is 32.1. The second kappa shape index (κ2) is 7.65. The van der Waals surface area contributed by atoms with Gasteiger partial charge >= 0.3 is 5.97 Å². The number of H-pyrrole nitrogens is 1. The van der Waals surface area contributed by atoms with E-state index in [-0.39, 0.29) is 24.4 Å². The Morgan fingerprint density at radius 2 is 2.00 bits per heavy atom. The van der Waals surface area contributed by atoms with E-state index in [0.717, 1.165) is 10.4 Å². The van der Waals surface area contributed by atoms with Crippen LogP contribution in [0.4, 0.5) is 4.39 Å². The first-order valence-corrected chi connectivity index (χ1v) is 10.2. The Hall–Kier alpha value is -2.84. The van der Waals surface area contributed by atoms with E-state index in [2.05, 4.69) is 9.97 Å². The Balaban J connectivity index is 1.50. The van der Waals surface area contributed by atoms with Crippen molar-refractivity contribution in [3.05, 3.63) is 74.2 Å². The molecule has 4 rings (SSSR count). The molecule has 0 aliphatic heterocycles. The van der Waals surface area contributed by atoms with Crippen LogP contribution in [-0.4, -0.2) is 15.9 Å². The van der Waals surface area contributed by atoms with Crippen LogP contribution in [0.5, 0.6) is 0 Å². The fourth-order valence-corrected chi connectivity index (χ4v) is 4.71. The monoisotopic (exact) mass is 414 g/mol. The van der Waals surface area contributed by atoms with Gasteiger partial charge in [0, 0.05) is 20.7 Å². The number of fused-ring (bicyclic) bond motifs is 1. The van der Waals surface area contributed by atoms with Gasteiger partial charge in [-0.15, -0.1) is 22.7 Å². The third kappa shape index (κ3) is 3.88. The number of carbonyl (C=O) groups is 1. The van der Waals surface area contributed by atoms with Gasteiger partial charge in [0.25, 0.3) is 5.56 Å². The van der Waals surface area contributed by atoms with Gasteiger partial charge in [-0.2, -0.15) is 0 Å². The molecule has 1 N–H and O–H groups in total. The van der Waals surface area contributed by atoms with Crippen molar-refractivity contribution in [2.75, 3.05) is 0 Å². The Bertz CT molecular complexity index is 1210. The molecule has 8 heteroatoms. The molecule has 142 valence electrons. The number of nitrogens with one attached hydrogen (secondary N) is 1. The van der Waals surface area contributed by atoms with Gasteiger partial charge in [0.1, 0.15) is 23.1 Å². The molecule has 0 spiro atoms. The summed E-state index contributed by atoms with van der Waals surface area (Å²) in [5, 5.41) is 2.47. The van der Waals surface area contributed by atoms with E-state index in [1.807, 2.05) is 24.4 Å². The number of rotatable bonds is 5. The fourth-order valence-electron chi connectivity index (χ4n) is 2.79. The number of benzene rings is 1. The van der Waals surface area contributed by atoms with E-state index >= 15 is 0 Å². The molecule has 3 heterocycles. The maximum Gasteiger partial charge on any atom is 0.310 e. The van der Waals surface area contributed by atoms with Gasteiger partial charge in [0.05, 0.1) is 11.8 Å². The van der Waals surface area contributed by atoms with Crippen LogP contribution < -0.4 is 5.56 Å². The van der Waals surface area contributed by atoms with Crippen molar-refractivity contribution in [2.45, 2.75) is 20.0 Å². The minimum absolute atomic E-state index is 0.0215. The standard InChI is InChI=1S/C20H15FN2O3S2/c1-11-2-7-15(28-11)14-10-27-20-18(14)19(25)22-16(23-20)9-26-17(24)8-12-3-5-13(21)6-4-12/h2-7,10H,8-9H2,1H3,(H,22,23,25). The number of thiophene rings is 2. The zero-order valence-electron chi connectivity index (χ0n) is 14.8. The van der Waals surface area contributed by atoms with Crippen LogP contribution in [0.25, 0.3) is 20.7 Å². The number of aryl methyl sites for hydroxylation is 1. The average Bonchev–Trinajstić information content (AvgIpc) is 3.28. The molecule has 28 heavy (non-hydrogen) atoms. The summed E-state index contributed by atoms with van der Waals surface area (Å²) < 4.78 is 18.1. The Labute approximate surface area is 167 Å². The molecule has 3 aromatic heterocycles.